The molecule has 0 unspecified atom stereocenters. The monoisotopic (exact) mass is 261 g/mol. The second-order valence-electron chi connectivity index (χ2n) is 5.11. The van der Waals surface area contributed by atoms with Gasteiger partial charge in [0.1, 0.15) is 11.3 Å². The zero-order valence-corrected chi connectivity index (χ0v) is 11.1. The van der Waals surface area contributed by atoms with Crippen LogP contribution in [0, 0.1) is 0 Å². The van der Waals surface area contributed by atoms with Gasteiger partial charge in [-0.15, -0.1) is 0 Å². The summed E-state index contributed by atoms with van der Waals surface area (Å²) in [6.45, 7) is 2.13. The highest BCUT2D eigenvalue weighted by Gasteiger charge is 2.35. The molecule has 2 heterocycles. The van der Waals surface area contributed by atoms with Crippen molar-refractivity contribution in [3.05, 3.63) is 30.0 Å². The van der Waals surface area contributed by atoms with Crippen LogP contribution in [-0.2, 0) is 10.2 Å². The van der Waals surface area contributed by atoms with E-state index in [9.17, 15) is 0 Å². The minimum absolute atomic E-state index is 0.0319. The van der Waals surface area contributed by atoms with Crippen LogP contribution in [0.5, 0.6) is 5.75 Å². The summed E-state index contributed by atoms with van der Waals surface area (Å²) < 4.78 is 16.5. The van der Waals surface area contributed by atoms with Crippen molar-refractivity contribution >= 4 is 11.0 Å². The van der Waals surface area contributed by atoms with Crippen LogP contribution >= 0.6 is 0 Å². The Kier molecular flexibility index (Phi) is 3.21. The summed E-state index contributed by atoms with van der Waals surface area (Å²) in [5.74, 6) is 0.842. The van der Waals surface area contributed by atoms with E-state index < -0.39 is 0 Å². The van der Waals surface area contributed by atoms with Crippen LogP contribution in [0.1, 0.15) is 18.4 Å². The van der Waals surface area contributed by atoms with Gasteiger partial charge < -0.3 is 19.6 Å². The summed E-state index contributed by atoms with van der Waals surface area (Å²) in [6.07, 6.45) is 3.73. The van der Waals surface area contributed by atoms with Gasteiger partial charge in [0.2, 0.25) is 0 Å². The highest BCUT2D eigenvalue weighted by molar-refractivity contribution is 5.83. The second-order valence-corrected chi connectivity index (χ2v) is 5.11. The maximum absolute atomic E-state index is 6.06. The minimum Gasteiger partial charge on any atom is -0.497 e. The zero-order chi connectivity index (χ0) is 13.3. The molecule has 1 aliphatic rings. The molecule has 0 radical (unpaired) electrons. The molecule has 0 bridgehead atoms. The summed E-state index contributed by atoms with van der Waals surface area (Å²) >= 11 is 0. The quantitative estimate of drug-likeness (QED) is 0.922. The Morgan fingerprint density at radius 2 is 2.11 bits per heavy atom. The number of nitrogens with two attached hydrogens (primary N) is 1. The van der Waals surface area contributed by atoms with E-state index in [4.69, 9.17) is 19.6 Å². The molecule has 3 rings (SSSR count). The van der Waals surface area contributed by atoms with Crippen LogP contribution < -0.4 is 10.5 Å². The lowest BCUT2D eigenvalue weighted by Gasteiger charge is -2.35. The number of ether oxygens (including phenoxy) is 2. The van der Waals surface area contributed by atoms with Crippen LogP contribution in [0.3, 0.4) is 0 Å². The number of furan rings is 1. The van der Waals surface area contributed by atoms with E-state index in [1.165, 1.54) is 5.56 Å². The molecular weight excluding hydrogens is 242 g/mol. The lowest BCUT2D eigenvalue weighted by Crippen LogP contribution is -2.40. The molecule has 0 amide bonds. The fraction of sp³-hybridized carbons (Fsp3) is 0.467. The van der Waals surface area contributed by atoms with Crippen molar-refractivity contribution in [1.29, 1.82) is 0 Å². The number of methoxy groups -OCH3 is 1. The lowest BCUT2D eigenvalue weighted by atomic mass is 9.74. The number of hydrogen-bond acceptors (Lipinski definition) is 4. The molecule has 1 aromatic carbocycles. The van der Waals surface area contributed by atoms with Crippen molar-refractivity contribution in [3.63, 3.8) is 0 Å². The predicted octanol–water partition coefficient (Wildman–Crippen LogP) is 2.45. The van der Waals surface area contributed by atoms with Crippen molar-refractivity contribution in [3.8, 4) is 5.75 Å². The standard InChI is InChI=1S/C15H19NO3/c1-17-11-2-3-14-12(8-11)13(9-19-14)15(10-16)4-6-18-7-5-15/h2-3,8-9H,4-7,10,16H2,1H3. The fourth-order valence-electron chi connectivity index (χ4n) is 2.89. The number of rotatable bonds is 3. The Labute approximate surface area is 112 Å². The largest absolute Gasteiger partial charge is 0.497 e. The number of benzene rings is 1. The van der Waals surface area contributed by atoms with Crippen LogP contribution in [0.4, 0.5) is 0 Å². The molecule has 0 saturated carbocycles. The Balaban J connectivity index is 2.12. The summed E-state index contributed by atoms with van der Waals surface area (Å²) in [4.78, 5) is 0. The van der Waals surface area contributed by atoms with E-state index in [0.29, 0.717) is 6.54 Å². The molecular formula is C15H19NO3. The van der Waals surface area contributed by atoms with Gasteiger partial charge in [0, 0.05) is 36.1 Å². The van der Waals surface area contributed by atoms with Gasteiger partial charge in [-0.05, 0) is 31.0 Å². The van der Waals surface area contributed by atoms with E-state index in [-0.39, 0.29) is 5.41 Å². The van der Waals surface area contributed by atoms with Crippen LogP contribution in [-0.4, -0.2) is 26.9 Å². The van der Waals surface area contributed by atoms with E-state index in [2.05, 4.69) is 0 Å². The molecule has 0 atom stereocenters. The second kappa shape index (κ2) is 4.87. The molecule has 1 saturated heterocycles. The molecule has 1 aliphatic heterocycles. The van der Waals surface area contributed by atoms with Gasteiger partial charge >= 0.3 is 0 Å². The summed E-state index contributed by atoms with van der Waals surface area (Å²) in [6, 6.07) is 5.89. The van der Waals surface area contributed by atoms with Crippen LogP contribution in [0.2, 0.25) is 0 Å². The van der Waals surface area contributed by atoms with E-state index in [0.717, 1.165) is 42.8 Å². The number of fused-ring (bicyclic) bond motifs is 1. The highest BCUT2D eigenvalue weighted by atomic mass is 16.5. The number of hydrogen-bond donors (Lipinski definition) is 1. The molecule has 2 aromatic rings. The molecule has 19 heavy (non-hydrogen) atoms. The molecule has 1 fully saturated rings. The maximum atomic E-state index is 6.06. The minimum atomic E-state index is -0.0319. The summed E-state index contributed by atoms with van der Waals surface area (Å²) in [5.41, 5.74) is 8.10. The van der Waals surface area contributed by atoms with Gasteiger partial charge in [0.05, 0.1) is 13.4 Å². The third kappa shape index (κ3) is 2.01. The van der Waals surface area contributed by atoms with E-state index >= 15 is 0 Å². The highest BCUT2D eigenvalue weighted by Crippen LogP contribution is 2.39. The van der Waals surface area contributed by atoms with Crippen LogP contribution in [0.25, 0.3) is 11.0 Å². The summed E-state index contributed by atoms with van der Waals surface area (Å²) in [7, 11) is 1.67. The molecule has 4 nitrogen and oxygen atoms in total. The van der Waals surface area contributed by atoms with Gasteiger partial charge in [-0.25, -0.2) is 0 Å². The molecule has 0 aliphatic carbocycles. The Morgan fingerprint density at radius 1 is 1.32 bits per heavy atom. The molecule has 4 heteroatoms. The lowest BCUT2D eigenvalue weighted by molar-refractivity contribution is 0.0532. The van der Waals surface area contributed by atoms with Gasteiger partial charge in [-0.3, -0.25) is 0 Å². The van der Waals surface area contributed by atoms with Gasteiger partial charge in [0.15, 0.2) is 0 Å². The van der Waals surface area contributed by atoms with Crippen molar-refractivity contribution in [2.75, 3.05) is 26.9 Å². The van der Waals surface area contributed by atoms with Crippen molar-refractivity contribution in [2.45, 2.75) is 18.3 Å². The van der Waals surface area contributed by atoms with E-state index in [1.807, 2.05) is 24.5 Å². The Bertz CT molecular complexity index is 570. The van der Waals surface area contributed by atoms with Crippen molar-refractivity contribution < 1.29 is 13.9 Å². The first-order valence-corrected chi connectivity index (χ1v) is 6.63. The van der Waals surface area contributed by atoms with Gasteiger partial charge in [-0.2, -0.15) is 0 Å². The SMILES string of the molecule is COc1ccc2occ(C3(CN)CCOCC3)c2c1. The first-order chi connectivity index (χ1) is 9.29. The average Bonchev–Trinajstić information content (AvgIpc) is 2.91. The van der Waals surface area contributed by atoms with Crippen LogP contribution in [0.15, 0.2) is 28.9 Å². The normalized spacial score (nSPS) is 18.6. The van der Waals surface area contributed by atoms with Gasteiger partial charge in [-0.1, -0.05) is 0 Å². The van der Waals surface area contributed by atoms with E-state index in [1.54, 1.807) is 7.11 Å². The maximum Gasteiger partial charge on any atom is 0.134 e. The average molecular weight is 261 g/mol. The van der Waals surface area contributed by atoms with Crippen molar-refractivity contribution in [2.24, 2.45) is 5.73 Å². The molecule has 2 N–H and O–H groups in total. The molecule has 102 valence electrons. The first kappa shape index (κ1) is 12.5. The van der Waals surface area contributed by atoms with Gasteiger partial charge in [0.25, 0.3) is 0 Å². The summed E-state index contributed by atoms with van der Waals surface area (Å²) in [5, 5.41) is 1.10. The first-order valence-electron chi connectivity index (χ1n) is 6.63. The Hall–Kier alpha value is -1.52. The Morgan fingerprint density at radius 3 is 2.79 bits per heavy atom. The smallest absolute Gasteiger partial charge is 0.134 e. The zero-order valence-electron chi connectivity index (χ0n) is 11.1. The predicted molar refractivity (Wildman–Crippen MR) is 73.6 cm³/mol. The van der Waals surface area contributed by atoms with Crippen molar-refractivity contribution in [1.82, 2.24) is 0 Å². The molecule has 1 aromatic heterocycles. The third-order valence-corrected chi connectivity index (χ3v) is 4.19. The topological polar surface area (TPSA) is 57.6 Å². The fourth-order valence-corrected chi connectivity index (χ4v) is 2.89. The third-order valence-electron chi connectivity index (χ3n) is 4.19. The molecule has 0 spiro atoms.